The fourth-order valence-corrected chi connectivity index (χ4v) is 2.14. The first kappa shape index (κ1) is 15.1. The van der Waals surface area contributed by atoms with E-state index in [1.54, 1.807) is 19.2 Å². The molecule has 0 saturated carbocycles. The van der Waals surface area contributed by atoms with Gasteiger partial charge in [0.1, 0.15) is 5.54 Å². The fraction of sp³-hybridized carbons (Fsp3) is 0.235. The smallest absolute Gasteiger partial charge is 0.105 e. The van der Waals surface area contributed by atoms with Crippen LogP contribution in [0.1, 0.15) is 18.1 Å². The van der Waals surface area contributed by atoms with E-state index < -0.39 is 5.54 Å². The highest BCUT2D eigenvalue weighted by molar-refractivity contribution is 5.96. The molecule has 0 bridgehead atoms. The number of nitrogens with two attached hydrogens (primary N) is 1. The van der Waals surface area contributed by atoms with Gasteiger partial charge < -0.3 is 5.73 Å². The molecule has 0 aromatic heterocycles. The van der Waals surface area contributed by atoms with Crippen LogP contribution in [0.25, 0.3) is 0 Å². The SMILES string of the molecule is C=C/C=C(\C=C)C(N)(/C(C)=N/C)c1cccc(C)c1. The number of hydrogen-bond acceptors (Lipinski definition) is 2. The van der Waals surface area contributed by atoms with Gasteiger partial charge in [-0.2, -0.15) is 0 Å². The first-order chi connectivity index (χ1) is 9.00. The second-order valence-electron chi connectivity index (χ2n) is 4.55. The summed E-state index contributed by atoms with van der Waals surface area (Å²) >= 11 is 0. The van der Waals surface area contributed by atoms with E-state index in [0.717, 1.165) is 16.8 Å². The average molecular weight is 254 g/mol. The summed E-state index contributed by atoms with van der Waals surface area (Å²) < 4.78 is 0. The zero-order valence-electron chi connectivity index (χ0n) is 12.0. The average Bonchev–Trinajstić information content (AvgIpc) is 2.42. The van der Waals surface area contributed by atoms with E-state index >= 15 is 0 Å². The van der Waals surface area contributed by atoms with Gasteiger partial charge in [0.25, 0.3) is 0 Å². The molecule has 0 amide bonds. The standard InChI is InChI=1S/C17H22N2/c1-6-9-15(7-2)17(18,14(4)19-5)16-11-8-10-13(3)12-16/h6-12H,1-2,18H2,3-5H3/b15-9+,19-14+. The van der Waals surface area contributed by atoms with E-state index in [1.807, 2.05) is 38.1 Å². The van der Waals surface area contributed by atoms with E-state index in [9.17, 15) is 0 Å². The fourth-order valence-electron chi connectivity index (χ4n) is 2.14. The number of aliphatic imine (C=N–C) groups is 1. The lowest BCUT2D eigenvalue weighted by Gasteiger charge is -2.32. The molecule has 0 saturated heterocycles. The van der Waals surface area contributed by atoms with Crippen LogP contribution in [-0.4, -0.2) is 12.8 Å². The van der Waals surface area contributed by atoms with Gasteiger partial charge in [0.2, 0.25) is 0 Å². The quantitative estimate of drug-likeness (QED) is 0.633. The maximum Gasteiger partial charge on any atom is 0.105 e. The number of nitrogens with zero attached hydrogens (tertiary/aromatic N) is 1. The highest BCUT2D eigenvalue weighted by Gasteiger charge is 2.33. The van der Waals surface area contributed by atoms with Crippen LogP contribution in [0.15, 0.2) is 66.2 Å². The Hall–Kier alpha value is -1.93. The molecule has 2 N–H and O–H groups in total. The zero-order chi connectivity index (χ0) is 14.5. The highest BCUT2D eigenvalue weighted by atomic mass is 14.8. The van der Waals surface area contributed by atoms with Crippen molar-refractivity contribution in [2.75, 3.05) is 7.05 Å². The lowest BCUT2D eigenvalue weighted by atomic mass is 9.79. The minimum atomic E-state index is -0.767. The van der Waals surface area contributed by atoms with Gasteiger partial charge in [-0.25, -0.2) is 0 Å². The molecule has 100 valence electrons. The molecule has 1 aromatic carbocycles. The van der Waals surface area contributed by atoms with Crippen molar-refractivity contribution < 1.29 is 0 Å². The van der Waals surface area contributed by atoms with Crippen molar-refractivity contribution in [1.29, 1.82) is 0 Å². The van der Waals surface area contributed by atoms with Gasteiger partial charge in [0, 0.05) is 12.8 Å². The van der Waals surface area contributed by atoms with Crippen molar-refractivity contribution in [1.82, 2.24) is 0 Å². The van der Waals surface area contributed by atoms with Crippen molar-refractivity contribution in [3.63, 3.8) is 0 Å². The van der Waals surface area contributed by atoms with Gasteiger partial charge in [0.05, 0.1) is 0 Å². The molecule has 0 heterocycles. The monoisotopic (exact) mass is 254 g/mol. The lowest BCUT2D eigenvalue weighted by molar-refractivity contribution is 0.720. The number of aryl methyl sites for hydroxylation is 1. The van der Waals surface area contributed by atoms with Gasteiger partial charge in [0.15, 0.2) is 0 Å². The molecular weight excluding hydrogens is 232 g/mol. The van der Waals surface area contributed by atoms with E-state index in [-0.39, 0.29) is 0 Å². The van der Waals surface area contributed by atoms with Crippen LogP contribution in [0.5, 0.6) is 0 Å². The molecule has 0 aliphatic heterocycles. The van der Waals surface area contributed by atoms with Crippen LogP contribution in [0.2, 0.25) is 0 Å². The summed E-state index contributed by atoms with van der Waals surface area (Å²) in [5.41, 5.74) is 9.79. The molecule has 2 nitrogen and oxygen atoms in total. The maximum absolute atomic E-state index is 6.66. The summed E-state index contributed by atoms with van der Waals surface area (Å²) in [6.45, 7) is 11.6. The molecule has 0 spiro atoms. The molecule has 2 heteroatoms. The number of benzene rings is 1. The van der Waals surface area contributed by atoms with Crippen molar-refractivity contribution >= 4 is 5.71 Å². The van der Waals surface area contributed by atoms with Crippen molar-refractivity contribution in [3.05, 3.63) is 72.4 Å². The molecule has 0 radical (unpaired) electrons. The van der Waals surface area contributed by atoms with Crippen LogP contribution in [0.3, 0.4) is 0 Å². The molecule has 0 aliphatic rings. The second-order valence-corrected chi connectivity index (χ2v) is 4.55. The highest BCUT2D eigenvalue weighted by Crippen LogP contribution is 2.30. The summed E-state index contributed by atoms with van der Waals surface area (Å²) in [5, 5.41) is 0. The van der Waals surface area contributed by atoms with Crippen LogP contribution in [0.4, 0.5) is 0 Å². The topological polar surface area (TPSA) is 38.4 Å². The molecule has 0 fully saturated rings. The Morgan fingerprint density at radius 1 is 1.37 bits per heavy atom. The molecule has 0 aliphatic carbocycles. The Kier molecular flexibility index (Phi) is 5.02. The number of allylic oxidation sites excluding steroid dienone is 2. The van der Waals surface area contributed by atoms with Crippen LogP contribution >= 0.6 is 0 Å². The summed E-state index contributed by atoms with van der Waals surface area (Å²) in [7, 11) is 1.75. The predicted octanol–water partition coefficient (Wildman–Crippen LogP) is 3.54. The Morgan fingerprint density at radius 3 is 2.53 bits per heavy atom. The van der Waals surface area contributed by atoms with E-state index in [2.05, 4.69) is 24.2 Å². The third kappa shape index (κ3) is 2.91. The van der Waals surface area contributed by atoms with Crippen LogP contribution in [-0.2, 0) is 5.54 Å². The first-order valence-electron chi connectivity index (χ1n) is 6.26. The third-order valence-corrected chi connectivity index (χ3v) is 3.35. The molecule has 1 unspecified atom stereocenters. The normalized spacial score (nSPS) is 15.8. The molecular formula is C17H22N2. The zero-order valence-corrected chi connectivity index (χ0v) is 12.0. The van der Waals surface area contributed by atoms with Gasteiger partial charge in [-0.1, -0.05) is 61.2 Å². The van der Waals surface area contributed by atoms with Crippen LogP contribution < -0.4 is 5.73 Å². The summed E-state index contributed by atoms with van der Waals surface area (Å²) in [6, 6.07) is 8.15. The Balaban J connectivity index is 3.57. The number of rotatable bonds is 5. The van der Waals surface area contributed by atoms with Crippen molar-refractivity contribution in [2.45, 2.75) is 19.4 Å². The Morgan fingerprint density at radius 2 is 2.05 bits per heavy atom. The minimum absolute atomic E-state index is 0.767. The Labute approximate surface area is 116 Å². The second kappa shape index (κ2) is 6.30. The third-order valence-electron chi connectivity index (χ3n) is 3.35. The van der Waals surface area contributed by atoms with E-state index in [0.29, 0.717) is 0 Å². The summed E-state index contributed by atoms with van der Waals surface area (Å²) in [5.74, 6) is 0. The maximum atomic E-state index is 6.66. The van der Waals surface area contributed by atoms with Gasteiger partial charge >= 0.3 is 0 Å². The van der Waals surface area contributed by atoms with Crippen LogP contribution in [0, 0.1) is 6.92 Å². The van der Waals surface area contributed by atoms with E-state index in [4.69, 9.17) is 5.73 Å². The van der Waals surface area contributed by atoms with Gasteiger partial charge in [-0.05, 0) is 25.0 Å². The van der Waals surface area contributed by atoms with Gasteiger partial charge in [-0.15, -0.1) is 0 Å². The molecule has 1 atom stereocenters. The summed E-state index contributed by atoms with van der Waals surface area (Å²) in [6.07, 6.45) is 5.36. The van der Waals surface area contributed by atoms with E-state index in [1.165, 1.54) is 5.56 Å². The largest absolute Gasteiger partial charge is 0.313 e. The lowest BCUT2D eigenvalue weighted by Crippen LogP contribution is -2.45. The molecule has 1 aromatic rings. The Bertz CT molecular complexity index is 538. The minimum Gasteiger partial charge on any atom is -0.313 e. The first-order valence-corrected chi connectivity index (χ1v) is 6.26. The predicted molar refractivity (Wildman–Crippen MR) is 84.6 cm³/mol. The molecule has 19 heavy (non-hydrogen) atoms. The van der Waals surface area contributed by atoms with Crippen molar-refractivity contribution in [3.8, 4) is 0 Å². The number of hydrogen-bond donors (Lipinski definition) is 1. The summed E-state index contributed by atoms with van der Waals surface area (Å²) in [4.78, 5) is 4.29. The van der Waals surface area contributed by atoms with Crippen molar-refractivity contribution in [2.24, 2.45) is 10.7 Å². The molecule has 1 rings (SSSR count). The van der Waals surface area contributed by atoms with Gasteiger partial charge in [-0.3, -0.25) is 4.99 Å².